The maximum atomic E-state index is 11.3. The summed E-state index contributed by atoms with van der Waals surface area (Å²) in [4.78, 5) is 11.3. The van der Waals surface area contributed by atoms with E-state index in [0.717, 1.165) is 11.1 Å². The summed E-state index contributed by atoms with van der Waals surface area (Å²) in [5.74, 6) is 0.716. The number of carbonyl (C=O) groups excluding carboxylic acids is 1. The Morgan fingerprint density at radius 2 is 2.13 bits per heavy atom. The van der Waals surface area contributed by atoms with Crippen LogP contribution in [0.15, 0.2) is 12.1 Å². The van der Waals surface area contributed by atoms with E-state index in [4.69, 9.17) is 4.74 Å². The molecule has 1 aromatic rings. The molecule has 0 aliphatic carbocycles. The molecule has 0 bridgehead atoms. The zero-order valence-electron chi connectivity index (χ0n) is 9.33. The molecule has 0 fully saturated rings. The van der Waals surface area contributed by atoms with Gasteiger partial charge in [0.2, 0.25) is 0 Å². The van der Waals surface area contributed by atoms with E-state index in [0.29, 0.717) is 18.6 Å². The normalized spacial score (nSPS) is 10.1. The van der Waals surface area contributed by atoms with E-state index in [1.165, 1.54) is 7.11 Å². The third-order valence-electron chi connectivity index (χ3n) is 2.42. The topological polar surface area (TPSA) is 46.5 Å². The van der Waals surface area contributed by atoms with Crippen LogP contribution in [0.2, 0.25) is 0 Å². The zero-order chi connectivity index (χ0) is 11.4. The monoisotopic (exact) mass is 208 g/mol. The first-order valence-electron chi connectivity index (χ1n) is 4.96. The number of benzene rings is 1. The van der Waals surface area contributed by atoms with Crippen molar-refractivity contribution in [3.8, 4) is 11.5 Å². The van der Waals surface area contributed by atoms with Gasteiger partial charge in [-0.25, -0.2) is 0 Å². The lowest BCUT2D eigenvalue weighted by Gasteiger charge is -2.09. The second-order valence-electron chi connectivity index (χ2n) is 3.52. The van der Waals surface area contributed by atoms with Gasteiger partial charge < -0.3 is 9.84 Å². The molecule has 3 heteroatoms. The van der Waals surface area contributed by atoms with Crippen LogP contribution in [0.25, 0.3) is 0 Å². The quantitative estimate of drug-likeness (QED) is 0.825. The standard InChI is InChI=1S/C12H16O3/c1-4-10(13)6-9-7-12(15-3)11(14)5-8(9)2/h5,7,14H,4,6H2,1-3H3. The van der Waals surface area contributed by atoms with E-state index in [1.54, 1.807) is 12.1 Å². The fourth-order valence-electron chi connectivity index (χ4n) is 1.41. The highest BCUT2D eigenvalue weighted by atomic mass is 16.5. The Hall–Kier alpha value is -1.51. The first-order valence-corrected chi connectivity index (χ1v) is 4.96. The average Bonchev–Trinajstić information content (AvgIpc) is 2.21. The predicted octanol–water partition coefficient (Wildman–Crippen LogP) is 2.23. The molecule has 3 nitrogen and oxygen atoms in total. The van der Waals surface area contributed by atoms with Crippen molar-refractivity contribution in [2.75, 3.05) is 7.11 Å². The number of rotatable bonds is 4. The molecule has 1 aromatic carbocycles. The van der Waals surface area contributed by atoms with Gasteiger partial charge in [0.15, 0.2) is 11.5 Å². The SMILES string of the molecule is CCC(=O)Cc1cc(OC)c(O)cc1C. The van der Waals surface area contributed by atoms with E-state index in [2.05, 4.69) is 0 Å². The van der Waals surface area contributed by atoms with E-state index in [9.17, 15) is 9.90 Å². The highest BCUT2D eigenvalue weighted by molar-refractivity contribution is 5.81. The molecule has 1 rings (SSSR count). The average molecular weight is 208 g/mol. The van der Waals surface area contributed by atoms with Crippen molar-refractivity contribution < 1.29 is 14.6 Å². The van der Waals surface area contributed by atoms with Crippen LogP contribution >= 0.6 is 0 Å². The minimum atomic E-state index is 0.114. The minimum Gasteiger partial charge on any atom is -0.504 e. The summed E-state index contributed by atoms with van der Waals surface area (Å²) < 4.78 is 4.99. The Bertz CT molecular complexity index is 369. The Morgan fingerprint density at radius 1 is 1.47 bits per heavy atom. The van der Waals surface area contributed by atoms with Crippen molar-refractivity contribution in [1.29, 1.82) is 0 Å². The molecule has 1 N–H and O–H groups in total. The van der Waals surface area contributed by atoms with Crippen LogP contribution in [-0.2, 0) is 11.2 Å². The number of hydrogen-bond donors (Lipinski definition) is 1. The lowest BCUT2D eigenvalue weighted by atomic mass is 10.0. The zero-order valence-corrected chi connectivity index (χ0v) is 9.33. The molecule has 0 spiro atoms. The Labute approximate surface area is 89.7 Å². The van der Waals surface area contributed by atoms with Gasteiger partial charge in [-0.2, -0.15) is 0 Å². The van der Waals surface area contributed by atoms with Crippen molar-refractivity contribution >= 4 is 5.78 Å². The lowest BCUT2D eigenvalue weighted by Crippen LogP contribution is -2.02. The fraction of sp³-hybridized carbons (Fsp3) is 0.417. The summed E-state index contributed by atoms with van der Waals surface area (Å²) in [5.41, 5.74) is 1.83. The maximum absolute atomic E-state index is 11.3. The minimum absolute atomic E-state index is 0.114. The second kappa shape index (κ2) is 4.82. The van der Waals surface area contributed by atoms with Crippen molar-refractivity contribution in [2.24, 2.45) is 0 Å². The van der Waals surface area contributed by atoms with Crippen LogP contribution in [0.1, 0.15) is 24.5 Å². The van der Waals surface area contributed by atoms with Gasteiger partial charge in [-0.1, -0.05) is 6.92 Å². The van der Waals surface area contributed by atoms with Crippen LogP contribution in [0.4, 0.5) is 0 Å². The van der Waals surface area contributed by atoms with Crippen molar-refractivity contribution in [3.63, 3.8) is 0 Å². The lowest BCUT2D eigenvalue weighted by molar-refractivity contribution is -0.118. The van der Waals surface area contributed by atoms with Gasteiger partial charge in [0.25, 0.3) is 0 Å². The number of aromatic hydroxyl groups is 1. The van der Waals surface area contributed by atoms with Gasteiger partial charge in [0.05, 0.1) is 7.11 Å². The fourth-order valence-corrected chi connectivity index (χ4v) is 1.41. The van der Waals surface area contributed by atoms with Crippen molar-refractivity contribution in [2.45, 2.75) is 26.7 Å². The van der Waals surface area contributed by atoms with Crippen LogP contribution in [0.3, 0.4) is 0 Å². The van der Waals surface area contributed by atoms with E-state index < -0.39 is 0 Å². The molecule has 0 aliphatic heterocycles. The van der Waals surface area contributed by atoms with Gasteiger partial charge in [-0.05, 0) is 30.2 Å². The van der Waals surface area contributed by atoms with Crippen LogP contribution < -0.4 is 4.74 Å². The molecule has 0 saturated carbocycles. The molecular formula is C12H16O3. The van der Waals surface area contributed by atoms with Crippen molar-refractivity contribution in [1.82, 2.24) is 0 Å². The number of ketones is 1. The first kappa shape index (κ1) is 11.6. The van der Waals surface area contributed by atoms with E-state index >= 15 is 0 Å². The predicted molar refractivity (Wildman–Crippen MR) is 58.4 cm³/mol. The Balaban J connectivity index is 3.02. The summed E-state index contributed by atoms with van der Waals surface area (Å²) in [7, 11) is 1.50. The van der Waals surface area contributed by atoms with E-state index in [1.807, 2.05) is 13.8 Å². The maximum Gasteiger partial charge on any atom is 0.160 e. The van der Waals surface area contributed by atoms with E-state index in [-0.39, 0.29) is 11.5 Å². The molecule has 0 heterocycles. The molecule has 0 amide bonds. The van der Waals surface area contributed by atoms with Gasteiger partial charge in [-0.3, -0.25) is 4.79 Å². The Kier molecular flexibility index (Phi) is 3.72. The molecule has 0 aromatic heterocycles. The molecule has 0 aliphatic rings. The number of carbonyl (C=O) groups is 1. The number of methoxy groups -OCH3 is 1. The van der Waals surface area contributed by atoms with Gasteiger partial charge >= 0.3 is 0 Å². The molecule has 0 atom stereocenters. The number of ether oxygens (including phenoxy) is 1. The summed E-state index contributed by atoms with van der Waals surface area (Å²) in [6, 6.07) is 3.34. The van der Waals surface area contributed by atoms with Crippen LogP contribution in [-0.4, -0.2) is 18.0 Å². The molecular weight excluding hydrogens is 192 g/mol. The summed E-state index contributed by atoms with van der Waals surface area (Å²) in [5, 5.41) is 9.50. The number of hydrogen-bond acceptors (Lipinski definition) is 3. The largest absolute Gasteiger partial charge is 0.504 e. The van der Waals surface area contributed by atoms with Crippen LogP contribution in [0, 0.1) is 6.92 Å². The van der Waals surface area contributed by atoms with Gasteiger partial charge in [-0.15, -0.1) is 0 Å². The molecule has 0 saturated heterocycles. The van der Waals surface area contributed by atoms with Gasteiger partial charge in [0, 0.05) is 12.8 Å². The second-order valence-corrected chi connectivity index (χ2v) is 3.52. The first-order chi connectivity index (χ1) is 7.08. The summed E-state index contributed by atoms with van der Waals surface area (Å²) in [6.07, 6.45) is 0.932. The molecule has 0 radical (unpaired) electrons. The van der Waals surface area contributed by atoms with Gasteiger partial charge in [0.1, 0.15) is 5.78 Å². The molecule has 0 unspecified atom stereocenters. The number of phenolic OH excluding ortho intramolecular Hbond substituents is 1. The summed E-state index contributed by atoms with van der Waals surface area (Å²) >= 11 is 0. The van der Waals surface area contributed by atoms with Crippen molar-refractivity contribution in [3.05, 3.63) is 23.3 Å². The summed E-state index contributed by atoms with van der Waals surface area (Å²) in [6.45, 7) is 3.72. The highest BCUT2D eigenvalue weighted by Crippen LogP contribution is 2.29. The third-order valence-corrected chi connectivity index (χ3v) is 2.42. The number of phenols is 1. The highest BCUT2D eigenvalue weighted by Gasteiger charge is 2.09. The number of Topliss-reactive ketones (excluding diaryl/α,β-unsaturated/α-hetero) is 1. The molecule has 15 heavy (non-hydrogen) atoms. The Morgan fingerprint density at radius 3 is 2.67 bits per heavy atom. The smallest absolute Gasteiger partial charge is 0.160 e. The molecule has 82 valence electrons. The van der Waals surface area contributed by atoms with Crippen LogP contribution in [0.5, 0.6) is 11.5 Å². The third kappa shape index (κ3) is 2.72. The number of aryl methyl sites for hydroxylation is 1.